The minimum atomic E-state index is -0.225. The number of carbonyl (C=O) groups excluding carboxylic acids is 1. The Hall–Kier alpha value is -1.55. The first kappa shape index (κ1) is 10.5. The Morgan fingerprint density at radius 1 is 1.50 bits per heavy atom. The third kappa shape index (κ3) is 2.74. The first-order valence-electron chi connectivity index (χ1n) is 4.49. The van der Waals surface area contributed by atoms with Crippen LogP contribution in [0, 0.1) is 0 Å². The molecule has 0 unspecified atom stereocenters. The SMILES string of the molecule is CCOc1ccccc1NC(=O)CN. The summed E-state index contributed by atoms with van der Waals surface area (Å²) in [6.45, 7) is 2.43. The average Bonchev–Trinajstić information content (AvgIpc) is 2.21. The lowest BCUT2D eigenvalue weighted by molar-refractivity contribution is -0.114. The van der Waals surface area contributed by atoms with Gasteiger partial charge in [0, 0.05) is 0 Å². The van der Waals surface area contributed by atoms with Crippen LogP contribution in [-0.2, 0) is 4.79 Å². The molecule has 1 amide bonds. The van der Waals surface area contributed by atoms with Crippen molar-refractivity contribution in [2.24, 2.45) is 5.73 Å². The van der Waals surface area contributed by atoms with Crippen molar-refractivity contribution in [3.63, 3.8) is 0 Å². The lowest BCUT2D eigenvalue weighted by Crippen LogP contribution is -2.22. The standard InChI is InChI=1S/C10H14N2O2/c1-2-14-9-6-4-3-5-8(9)12-10(13)7-11/h3-6H,2,7,11H2,1H3,(H,12,13). The molecule has 0 spiro atoms. The highest BCUT2D eigenvalue weighted by molar-refractivity contribution is 5.93. The van der Waals surface area contributed by atoms with Gasteiger partial charge in [0.1, 0.15) is 5.75 Å². The lowest BCUT2D eigenvalue weighted by atomic mass is 10.3. The summed E-state index contributed by atoms with van der Waals surface area (Å²) in [7, 11) is 0. The van der Waals surface area contributed by atoms with Gasteiger partial charge in [0.2, 0.25) is 5.91 Å². The Bertz CT molecular complexity index is 313. The van der Waals surface area contributed by atoms with Crippen LogP contribution >= 0.6 is 0 Å². The molecule has 14 heavy (non-hydrogen) atoms. The second-order valence-electron chi connectivity index (χ2n) is 2.68. The van der Waals surface area contributed by atoms with Gasteiger partial charge in [-0.15, -0.1) is 0 Å². The predicted molar refractivity (Wildman–Crippen MR) is 55.3 cm³/mol. The summed E-state index contributed by atoms with van der Waals surface area (Å²) in [6.07, 6.45) is 0. The number of hydrogen-bond acceptors (Lipinski definition) is 3. The van der Waals surface area contributed by atoms with Crippen molar-refractivity contribution in [2.75, 3.05) is 18.5 Å². The fraction of sp³-hybridized carbons (Fsp3) is 0.300. The number of anilines is 1. The molecular formula is C10H14N2O2. The van der Waals surface area contributed by atoms with Crippen molar-refractivity contribution in [3.8, 4) is 5.75 Å². The van der Waals surface area contributed by atoms with Crippen LogP contribution in [0.1, 0.15) is 6.92 Å². The van der Waals surface area contributed by atoms with Crippen LogP contribution in [-0.4, -0.2) is 19.1 Å². The topological polar surface area (TPSA) is 64.3 Å². The number of rotatable bonds is 4. The maximum Gasteiger partial charge on any atom is 0.238 e. The Labute approximate surface area is 83.1 Å². The van der Waals surface area contributed by atoms with Gasteiger partial charge in [-0.25, -0.2) is 0 Å². The van der Waals surface area contributed by atoms with Crippen molar-refractivity contribution in [1.82, 2.24) is 0 Å². The van der Waals surface area contributed by atoms with Gasteiger partial charge in [0.05, 0.1) is 18.8 Å². The highest BCUT2D eigenvalue weighted by Gasteiger charge is 2.04. The molecule has 0 fully saturated rings. The van der Waals surface area contributed by atoms with E-state index in [4.69, 9.17) is 10.5 Å². The zero-order valence-electron chi connectivity index (χ0n) is 8.12. The molecule has 1 aromatic carbocycles. The summed E-state index contributed by atoms with van der Waals surface area (Å²) in [5.74, 6) is 0.439. The van der Waals surface area contributed by atoms with Crippen LogP contribution in [0.2, 0.25) is 0 Å². The number of hydrogen-bond donors (Lipinski definition) is 2. The lowest BCUT2D eigenvalue weighted by Gasteiger charge is -2.10. The molecule has 0 bridgehead atoms. The van der Waals surface area contributed by atoms with Gasteiger partial charge in [-0.05, 0) is 19.1 Å². The van der Waals surface area contributed by atoms with Gasteiger partial charge in [0.15, 0.2) is 0 Å². The molecule has 0 aliphatic heterocycles. The number of para-hydroxylation sites is 2. The molecule has 0 aliphatic rings. The largest absolute Gasteiger partial charge is 0.492 e. The third-order valence-corrected chi connectivity index (χ3v) is 1.65. The Morgan fingerprint density at radius 2 is 2.21 bits per heavy atom. The number of nitrogens with one attached hydrogen (secondary N) is 1. The van der Waals surface area contributed by atoms with E-state index < -0.39 is 0 Å². The maximum absolute atomic E-state index is 11.0. The van der Waals surface area contributed by atoms with Crippen molar-refractivity contribution in [2.45, 2.75) is 6.92 Å². The van der Waals surface area contributed by atoms with Gasteiger partial charge >= 0.3 is 0 Å². The number of ether oxygens (including phenoxy) is 1. The molecule has 1 aromatic rings. The van der Waals surface area contributed by atoms with Crippen LogP contribution in [0.25, 0.3) is 0 Å². The molecule has 0 atom stereocenters. The molecule has 4 heteroatoms. The van der Waals surface area contributed by atoms with Crippen LogP contribution in [0.4, 0.5) is 5.69 Å². The Balaban J connectivity index is 2.78. The summed E-state index contributed by atoms with van der Waals surface area (Å²) in [5.41, 5.74) is 5.85. The predicted octanol–water partition coefficient (Wildman–Crippen LogP) is 0.982. The minimum Gasteiger partial charge on any atom is -0.492 e. The smallest absolute Gasteiger partial charge is 0.238 e. The van der Waals surface area contributed by atoms with E-state index in [1.54, 1.807) is 12.1 Å². The van der Waals surface area contributed by atoms with Gasteiger partial charge in [-0.1, -0.05) is 12.1 Å². The zero-order valence-corrected chi connectivity index (χ0v) is 8.12. The minimum absolute atomic E-state index is 0.0273. The van der Waals surface area contributed by atoms with Gasteiger partial charge in [0.25, 0.3) is 0 Å². The summed E-state index contributed by atoms with van der Waals surface area (Å²) >= 11 is 0. The number of benzene rings is 1. The van der Waals surface area contributed by atoms with Gasteiger partial charge < -0.3 is 15.8 Å². The first-order chi connectivity index (χ1) is 6.77. The van der Waals surface area contributed by atoms with E-state index >= 15 is 0 Å². The molecule has 4 nitrogen and oxygen atoms in total. The van der Waals surface area contributed by atoms with E-state index in [2.05, 4.69) is 5.32 Å². The fourth-order valence-electron chi connectivity index (χ4n) is 1.05. The average molecular weight is 194 g/mol. The van der Waals surface area contributed by atoms with Gasteiger partial charge in [-0.2, -0.15) is 0 Å². The Kier molecular flexibility index (Phi) is 3.94. The van der Waals surface area contributed by atoms with Crippen molar-refractivity contribution < 1.29 is 9.53 Å². The van der Waals surface area contributed by atoms with Crippen molar-refractivity contribution in [1.29, 1.82) is 0 Å². The monoisotopic (exact) mass is 194 g/mol. The van der Waals surface area contributed by atoms with Crippen LogP contribution in [0.5, 0.6) is 5.75 Å². The highest BCUT2D eigenvalue weighted by Crippen LogP contribution is 2.23. The Morgan fingerprint density at radius 3 is 2.86 bits per heavy atom. The molecule has 0 heterocycles. The van der Waals surface area contributed by atoms with E-state index in [1.807, 2.05) is 19.1 Å². The molecule has 0 saturated heterocycles. The highest BCUT2D eigenvalue weighted by atomic mass is 16.5. The molecular weight excluding hydrogens is 180 g/mol. The number of amides is 1. The molecule has 76 valence electrons. The quantitative estimate of drug-likeness (QED) is 0.751. The first-order valence-corrected chi connectivity index (χ1v) is 4.49. The summed E-state index contributed by atoms with van der Waals surface area (Å²) < 4.78 is 5.33. The fourth-order valence-corrected chi connectivity index (χ4v) is 1.05. The number of carbonyl (C=O) groups is 1. The molecule has 1 rings (SSSR count). The molecule has 0 aliphatic carbocycles. The second-order valence-corrected chi connectivity index (χ2v) is 2.68. The maximum atomic E-state index is 11.0. The molecule has 0 aromatic heterocycles. The zero-order chi connectivity index (χ0) is 10.4. The molecule has 3 N–H and O–H groups in total. The van der Waals surface area contributed by atoms with E-state index in [0.29, 0.717) is 18.0 Å². The third-order valence-electron chi connectivity index (χ3n) is 1.65. The number of nitrogens with two attached hydrogens (primary N) is 1. The van der Waals surface area contributed by atoms with E-state index in [1.165, 1.54) is 0 Å². The summed E-state index contributed by atoms with van der Waals surface area (Å²) in [4.78, 5) is 11.0. The van der Waals surface area contributed by atoms with E-state index in [-0.39, 0.29) is 12.5 Å². The van der Waals surface area contributed by atoms with Crippen molar-refractivity contribution in [3.05, 3.63) is 24.3 Å². The van der Waals surface area contributed by atoms with E-state index in [9.17, 15) is 4.79 Å². The second kappa shape index (κ2) is 5.24. The molecule has 0 radical (unpaired) electrons. The van der Waals surface area contributed by atoms with Crippen LogP contribution in [0.15, 0.2) is 24.3 Å². The normalized spacial score (nSPS) is 9.57. The van der Waals surface area contributed by atoms with Crippen LogP contribution < -0.4 is 15.8 Å². The van der Waals surface area contributed by atoms with Crippen molar-refractivity contribution >= 4 is 11.6 Å². The van der Waals surface area contributed by atoms with Gasteiger partial charge in [-0.3, -0.25) is 4.79 Å². The van der Waals surface area contributed by atoms with E-state index in [0.717, 1.165) is 0 Å². The summed E-state index contributed by atoms with van der Waals surface area (Å²) in [5, 5.41) is 2.66. The molecule has 0 saturated carbocycles. The van der Waals surface area contributed by atoms with Crippen LogP contribution in [0.3, 0.4) is 0 Å². The summed E-state index contributed by atoms with van der Waals surface area (Å²) in [6, 6.07) is 7.26.